The maximum atomic E-state index is 10.7. The van der Waals surface area contributed by atoms with Gasteiger partial charge in [0, 0.05) is 17.7 Å². The van der Waals surface area contributed by atoms with E-state index in [-0.39, 0.29) is 10.7 Å². The number of nitrogens with two attached hydrogens (primary N) is 1. The minimum Gasteiger partial charge on any atom is -0.402 e. The fourth-order valence-corrected chi connectivity index (χ4v) is 1.72. The third kappa shape index (κ3) is 2.87. The van der Waals surface area contributed by atoms with Crippen LogP contribution < -0.4 is 5.73 Å². The summed E-state index contributed by atoms with van der Waals surface area (Å²) in [7, 11) is 0. The first-order valence-corrected chi connectivity index (χ1v) is 5.93. The van der Waals surface area contributed by atoms with Gasteiger partial charge in [0.2, 0.25) is 0 Å². The highest BCUT2D eigenvalue weighted by Gasteiger charge is 2.19. The Kier molecular flexibility index (Phi) is 4.85. The van der Waals surface area contributed by atoms with E-state index in [1.54, 1.807) is 12.2 Å². The van der Waals surface area contributed by atoms with Gasteiger partial charge >= 0.3 is 5.69 Å². The summed E-state index contributed by atoms with van der Waals surface area (Å²) in [5, 5.41) is 10.8. The van der Waals surface area contributed by atoms with Gasteiger partial charge in [-0.1, -0.05) is 31.5 Å². The van der Waals surface area contributed by atoms with E-state index in [1.165, 1.54) is 0 Å². The van der Waals surface area contributed by atoms with Gasteiger partial charge in [-0.25, -0.2) is 4.98 Å². The zero-order valence-corrected chi connectivity index (χ0v) is 10.9. The van der Waals surface area contributed by atoms with Crippen LogP contribution in [0.5, 0.6) is 0 Å². The van der Waals surface area contributed by atoms with Crippen molar-refractivity contribution in [1.82, 2.24) is 4.98 Å². The minimum absolute atomic E-state index is 0.0736. The quantitative estimate of drug-likeness (QED) is 0.624. The summed E-state index contributed by atoms with van der Waals surface area (Å²) in [6.07, 6.45) is 6.95. The Bertz CT molecular complexity index is 524. The van der Waals surface area contributed by atoms with Crippen molar-refractivity contribution in [2.45, 2.75) is 20.3 Å². The van der Waals surface area contributed by atoms with Crippen molar-refractivity contribution in [2.75, 3.05) is 0 Å². The molecule has 1 heterocycles. The molecule has 1 aromatic heterocycles. The van der Waals surface area contributed by atoms with Gasteiger partial charge in [-0.05, 0) is 12.2 Å². The summed E-state index contributed by atoms with van der Waals surface area (Å²) in [5.74, 6) is 0. The summed E-state index contributed by atoms with van der Waals surface area (Å²) in [6, 6.07) is 0. The first-order valence-electron chi connectivity index (χ1n) is 5.55. The van der Waals surface area contributed by atoms with Crippen LogP contribution in [-0.4, -0.2) is 9.91 Å². The van der Waals surface area contributed by atoms with E-state index >= 15 is 0 Å². The van der Waals surface area contributed by atoms with Gasteiger partial charge in [-0.15, -0.1) is 0 Å². The third-order valence-electron chi connectivity index (χ3n) is 2.22. The third-order valence-corrected chi connectivity index (χ3v) is 2.62. The van der Waals surface area contributed by atoms with Crippen LogP contribution in [0, 0.1) is 10.1 Å². The number of aromatic nitrogens is 1. The molecule has 1 aliphatic rings. The number of nitro groups is 1. The van der Waals surface area contributed by atoms with Crippen LogP contribution in [0.3, 0.4) is 0 Å². The van der Waals surface area contributed by atoms with Crippen molar-refractivity contribution in [3.63, 3.8) is 0 Å². The monoisotopic (exact) mass is 267 g/mol. The molecule has 5 nitrogen and oxygen atoms in total. The van der Waals surface area contributed by atoms with Crippen molar-refractivity contribution >= 4 is 29.4 Å². The predicted molar refractivity (Wildman–Crippen MR) is 73.1 cm³/mol. The van der Waals surface area contributed by atoms with Gasteiger partial charge in [-0.2, -0.15) is 0 Å². The molecule has 96 valence electrons. The molecule has 0 radical (unpaired) electrons. The summed E-state index contributed by atoms with van der Waals surface area (Å²) >= 11 is 5.94. The van der Waals surface area contributed by atoms with Crippen molar-refractivity contribution in [1.29, 1.82) is 0 Å². The average Bonchev–Trinajstić information content (AvgIpc) is 2.53. The Labute approximate surface area is 110 Å². The molecule has 0 saturated heterocycles. The second-order valence-corrected chi connectivity index (χ2v) is 3.72. The molecule has 18 heavy (non-hydrogen) atoms. The Morgan fingerprint density at radius 2 is 2.17 bits per heavy atom. The van der Waals surface area contributed by atoms with E-state index in [0.29, 0.717) is 23.4 Å². The van der Waals surface area contributed by atoms with Crippen LogP contribution in [0.15, 0.2) is 18.0 Å². The number of hydrogen-bond acceptors (Lipinski definition) is 4. The van der Waals surface area contributed by atoms with Gasteiger partial charge < -0.3 is 5.73 Å². The highest BCUT2D eigenvalue weighted by molar-refractivity contribution is 6.34. The summed E-state index contributed by atoms with van der Waals surface area (Å²) in [6.45, 7) is 4.00. The first kappa shape index (κ1) is 14.2. The van der Waals surface area contributed by atoms with E-state index in [1.807, 2.05) is 19.9 Å². The zero-order chi connectivity index (χ0) is 13.7. The molecule has 0 spiro atoms. The molecule has 0 amide bonds. The largest absolute Gasteiger partial charge is 0.402 e. The Hall–Kier alpha value is -1.88. The first-order chi connectivity index (χ1) is 8.59. The molecular formula is C12H14ClN3O2. The molecule has 0 atom stereocenters. The molecule has 6 heteroatoms. The topological polar surface area (TPSA) is 82.0 Å². The van der Waals surface area contributed by atoms with Gasteiger partial charge in [-0.3, -0.25) is 10.1 Å². The van der Waals surface area contributed by atoms with Gasteiger partial charge in [0.05, 0.1) is 10.6 Å². The molecular weight excluding hydrogens is 254 g/mol. The SMILES string of the molecule is CC.NC1=Cc2c(ncc([N+](=O)[O-])c2Cl)C=CC1. The van der Waals surface area contributed by atoms with Crippen LogP contribution in [0.4, 0.5) is 5.69 Å². The molecule has 0 saturated carbocycles. The lowest BCUT2D eigenvalue weighted by molar-refractivity contribution is -0.385. The molecule has 1 aliphatic carbocycles. The molecule has 0 aromatic carbocycles. The van der Waals surface area contributed by atoms with E-state index in [0.717, 1.165) is 6.20 Å². The fourth-order valence-electron chi connectivity index (χ4n) is 1.46. The molecule has 0 aliphatic heterocycles. The van der Waals surface area contributed by atoms with Crippen molar-refractivity contribution in [3.8, 4) is 0 Å². The number of pyridine rings is 1. The maximum Gasteiger partial charge on any atom is 0.306 e. The van der Waals surface area contributed by atoms with Gasteiger partial charge in [0.25, 0.3) is 0 Å². The van der Waals surface area contributed by atoms with Crippen LogP contribution in [-0.2, 0) is 0 Å². The normalized spacial score (nSPS) is 12.7. The second-order valence-electron chi connectivity index (χ2n) is 3.34. The second kappa shape index (κ2) is 6.16. The molecule has 0 fully saturated rings. The lowest BCUT2D eigenvalue weighted by atomic mass is 10.1. The van der Waals surface area contributed by atoms with Crippen LogP contribution in [0.1, 0.15) is 31.5 Å². The van der Waals surface area contributed by atoms with E-state index < -0.39 is 4.92 Å². The smallest absolute Gasteiger partial charge is 0.306 e. The van der Waals surface area contributed by atoms with E-state index in [4.69, 9.17) is 17.3 Å². The Morgan fingerprint density at radius 3 is 2.78 bits per heavy atom. The number of allylic oxidation sites excluding steroid dienone is 1. The average molecular weight is 268 g/mol. The molecule has 2 N–H and O–H groups in total. The lowest BCUT2D eigenvalue weighted by Gasteiger charge is -2.03. The maximum absolute atomic E-state index is 10.7. The zero-order valence-electron chi connectivity index (χ0n) is 10.2. The number of fused-ring (bicyclic) bond motifs is 1. The van der Waals surface area contributed by atoms with Crippen molar-refractivity contribution < 1.29 is 4.92 Å². The summed E-state index contributed by atoms with van der Waals surface area (Å²) in [5.41, 5.74) is 7.18. The minimum atomic E-state index is -0.561. The predicted octanol–water partition coefficient (Wildman–Crippen LogP) is 3.39. The molecule has 1 aromatic rings. The molecule has 2 rings (SSSR count). The number of hydrogen-bond donors (Lipinski definition) is 1. The highest BCUT2D eigenvalue weighted by atomic mass is 35.5. The molecule has 0 unspecified atom stereocenters. The highest BCUT2D eigenvalue weighted by Crippen LogP contribution is 2.32. The van der Waals surface area contributed by atoms with Crippen molar-refractivity contribution in [2.24, 2.45) is 5.73 Å². The van der Waals surface area contributed by atoms with Crippen LogP contribution in [0.25, 0.3) is 12.2 Å². The number of nitrogens with zero attached hydrogens (tertiary/aromatic N) is 2. The van der Waals surface area contributed by atoms with Crippen LogP contribution in [0.2, 0.25) is 5.02 Å². The van der Waals surface area contributed by atoms with Crippen LogP contribution >= 0.6 is 11.6 Å². The Morgan fingerprint density at radius 1 is 1.50 bits per heavy atom. The number of rotatable bonds is 1. The number of halogens is 1. The summed E-state index contributed by atoms with van der Waals surface area (Å²) in [4.78, 5) is 14.1. The molecule has 0 bridgehead atoms. The lowest BCUT2D eigenvalue weighted by Crippen LogP contribution is -1.97. The fraction of sp³-hybridized carbons (Fsp3) is 0.250. The standard InChI is InChI=1S/C10H8ClN3O2.C2H6/c11-10-7-4-6(12)2-1-3-8(7)13-5-9(10)14(15)16;1-2/h1,3-5H,2,12H2;1-2H3. The van der Waals surface area contributed by atoms with Gasteiger partial charge in [0.1, 0.15) is 11.2 Å². The van der Waals surface area contributed by atoms with Gasteiger partial charge in [0.15, 0.2) is 0 Å². The summed E-state index contributed by atoms with van der Waals surface area (Å²) < 4.78 is 0. The van der Waals surface area contributed by atoms with E-state index in [2.05, 4.69) is 4.98 Å². The Balaban J connectivity index is 0.000000771. The van der Waals surface area contributed by atoms with Crippen molar-refractivity contribution in [3.05, 3.63) is 44.4 Å². The van der Waals surface area contributed by atoms with E-state index in [9.17, 15) is 10.1 Å².